The monoisotopic (exact) mass is 232 g/mol. The van der Waals surface area contributed by atoms with Gasteiger partial charge in [-0.15, -0.1) is 0 Å². The number of halogens is 3. The Hall–Kier alpha value is -1.23. The van der Waals surface area contributed by atoms with E-state index in [9.17, 15) is 13.2 Å². The molecule has 2 nitrogen and oxygen atoms in total. The van der Waals surface area contributed by atoms with Crippen LogP contribution in [0.25, 0.3) is 0 Å². The summed E-state index contributed by atoms with van der Waals surface area (Å²) in [4.78, 5) is 0. The fraction of sp³-hybridized carbons (Fsp3) is 0.455. The van der Waals surface area contributed by atoms with Gasteiger partial charge in [0.05, 0.1) is 6.61 Å². The second-order valence-electron chi connectivity index (χ2n) is 3.80. The van der Waals surface area contributed by atoms with E-state index in [-0.39, 0.29) is 0 Å². The Balaban J connectivity index is 2.11. The molecule has 2 rings (SSSR count). The minimum Gasteiger partial charge on any atom is -0.493 e. The minimum atomic E-state index is -4.56. The van der Waals surface area contributed by atoms with Gasteiger partial charge in [-0.25, -0.2) is 0 Å². The predicted octanol–water partition coefficient (Wildman–Crippen LogP) is 2.09. The maximum atomic E-state index is 12.1. The number of ether oxygens (including phenoxy) is 1. The van der Waals surface area contributed by atoms with Crippen LogP contribution in [-0.2, 0) is 12.8 Å². The molecule has 5 heteroatoms. The molecular weight excluding hydrogens is 221 g/mol. The van der Waals surface area contributed by atoms with Crippen LogP contribution in [0.1, 0.15) is 11.1 Å². The van der Waals surface area contributed by atoms with Crippen molar-refractivity contribution in [3.05, 3.63) is 29.3 Å². The van der Waals surface area contributed by atoms with Gasteiger partial charge in [-0.3, -0.25) is 0 Å². The first-order chi connectivity index (χ1) is 7.47. The van der Waals surface area contributed by atoms with Crippen LogP contribution < -0.4 is 4.74 Å². The quantitative estimate of drug-likeness (QED) is 0.846. The van der Waals surface area contributed by atoms with Crippen molar-refractivity contribution in [1.29, 1.82) is 0 Å². The van der Waals surface area contributed by atoms with Gasteiger partial charge < -0.3 is 9.84 Å². The van der Waals surface area contributed by atoms with Crippen LogP contribution in [0.3, 0.4) is 0 Å². The second-order valence-corrected chi connectivity index (χ2v) is 3.80. The summed E-state index contributed by atoms with van der Waals surface area (Å²) in [6, 6.07) is 4.87. The Labute approximate surface area is 90.7 Å². The molecule has 1 aliphatic rings. The fourth-order valence-corrected chi connectivity index (χ4v) is 1.71. The Bertz CT molecular complexity index is 387. The predicted molar refractivity (Wildman–Crippen MR) is 51.4 cm³/mol. The van der Waals surface area contributed by atoms with Gasteiger partial charge in [-0.05, 0) is 17.2 Å². The highest BCUT2D eigenvalue weighted by Gasteiger charge is 2.38. The average Bonchev–Trinajstić information content (AvgIpc) is 2.63. The van der Waals surface area contributed by atoms with Gasteiger partial charge in [0, 0.05) is 12.8 Å². The standard InChI is InChI=1S/C11H11F3O2/c12-11(13,14)10(15)6-7-1-2-9-8(5-7)3-4-16-9/h1-2,5,10,15H,3-4,6H2/t10-/m0/s1. The van der Waals surface area contributed by atoms with Gasteiger partial charge >= 0.3 is 6.18 Å². The van der Waals surface area contributed by atoms with Gasteiger partial charge in [0.25, 0.3) is 0 Å². The molecule has 0 saturated heterocycles. The second kappa shape index (κ2) is 3.97. The van der Waals surface area contributed by atoms with Crippen molar-refractivity contribution in [3.8, 4) is 5.75 Å². The number of fused-ring (bicyclic) bond motifs is 1. The van der Waals surface area contributed by atoms with Crippen LogP contribution in [0, 0.1) is 0 Å². The van der Waals surface area contributed by atoms with Crippen LogP contribution >= 0.6 is 0 Å². The van der Waals surface area contributed by atoms with Crippen LogP contribution in [0.4, 0.5) is 13.2 Å². The van der Waals surface area contributed by atoms with E-state index in [0.717, 1.165) is 11.3 Å². The molecule has 1 aliphatic heterocycles. The largest absolute Gasteiger partial charge is 0.493 e. The molecule has 0 aliphatic carbocycles. The van der Waals surface area contributed by atoms with E-state index in [1.165, 1.54) is 0 Å². The Morgan fingerprint density at radius 1 is 1.38 bits per heavy atom. The van der Waals surface area contributed by atoms with E-state index in [4.69, 9.17) is 9.84 Å². The third-order valence-electron chi connectivity index (χ3n) is 2.56. The van der Waals surface area contributed by atoms with Crippen molar-refractivity contribution < 1.29 is 23.0 Å². The van der Waals surface area contributed by atoms with Crippen molar-refractivity contribution in [1.82, 2.24) is 0 Å². The molecule has 1 heterocycles. The summed E-state index contributed by atoms with van der Waals surface area (Å²) >= 11 is 0. The number of aliphatic hydroxyl groups is 1. The number of hydrogen-bond acceptors (Lipinski definition) is 2. The number of benzene rings is 1. The number of aliphatic hydroxyl groups excluding tert-OH is 1. The summed E-state index contributed by atoms with van der Waals surface area (Å²) in [6.07, 6.45) is -6.55. The Kier molecular flexibility index (Phi) is 2.80. The molecule has 0 radical (unpaired) electrons. The maximum Gasteiger partial charge on any atom is 0.414 e. The molecule has 16 heavy (non-hydrogen) atoms. The van der Waals surface area contributed by atoms with Gasteiger partial charge in [0.1, 0.15) is 5.75 Å². The lowest BCUT2D eigenvalue weighted by Gasteiger charge is -2.14. The van der Waals surface area contributed by atoms with Crippen molar-refractivity contribution in [2.75, 3.05) is 6.61 Å². The van der Waals surface area contributed by atoms with E-state index < -0.39 is 18.7 Å². The molecule has 0 amide bonds. The smallest absolute Gasteiger partial charge is 0.414 e. The van der Waals surface area contributed by atoms with Crippen LogP contribution in [0.15, 0.2) is 18.2 Å². The number of hydrogen-bond donors (Lipinski definition) is 1. The number of alkyl halides is 3. The van der Waals surface area contributed by atoms with Gasteiger partial charge in [-0.1, -0.05) is 12.1 Å². The third-order valence-corrected chi connectivity index (χ3v) is 2.56. The molecule has 0 unspecified atom stereocenters. The highest BCUT2D eigenvalue weighted by Crippen LogP contribution is 2.28. The molecule has 1 atom stereocenters. The lowest BCUT2D eigenvalue weighted by molar-refractivity contribution is -0.203. The van der Waals surface area contributed by atoms with E-state index in [2.05, 4.69) is 0 Å². The number of rotatable bonds is 2. The zero-order chi connectivity index (χ0) is 11.8. The molecule has 0 bridgehead atoms. The molecule has 1 aromatic rings. The van der Waals surface area contributed by atoms with E-state index in [1.54, 1.807) is 18.2 Å². The molecule has 0 spiro atoms. The first kappa shape index (κ1) is 11.3. The summed E-state index contributed by atoms with van der Waals surface area (Å²) < 4.78 is 41.6. The first-order valence-corrected chi connectivity index (χ1v) is 4.96. The molecule has 1 N–H and O–H groups in total. The minimum absolute atomic E-state index is 0.406. The van der Waals surface area contributed by atoms with Crippen molar-refractivity contribution in [2.45, 2.75) is 25.1 Å². The Morgan fingerprint density at radius 3 is 2.81 bits per heavy atom. The SMILES string of the molecule is O[C@@H](Cc1ccc2c(c1)CCO2)C(F)(F)F. The van der Waals surface area contributed by atoms with E-state index in [0.29, 0.717) is 18.6 Å². The molecule has 0 saturated carbocycles. The summed E-state index contributed by atoms with van der Waals surface area (Å²) in [5, 5.41) is 8.93. The van der Waals surface area contributed by atoms with Gasteiger partial charge in [0.2, 0.25) is 0 Å². The molecule has 0 aromatic heterocycles. The summed E-state index contributed by atoms with van der Waals surface area (Å²) in [5.74, 6) is 0.727. The topological polar surface area (TPSA) is 29.5 Å². The van der Waals surface area contributed by atoms with Gasteiger partial charge in [0.15, 0.2) is 6.10 Å². The lowest BCUT2D eigenvalue weighted by Crippen LogP contribution is -2.30. The summed E-state index contributed by atoms with van der Waals surface area (Å²) in [6.45, 7) is 0.570. The van der Waals surface area contributed by atoms with Crippen LogP contribution in [0.2, 0.25) is 0 Å². The average molecular weight is 232 g/mol. The Morgan fingerprint density at radius 2 is 2.12 bits per heavy atom. The highest BCUT2D eigenvalue weighted by molar-refractivity contribution is 5.40. The van der Waals surface area contributed by atoms with Crippen LogP contribution in [0.5, 0.6) is 5.75 Å². The van der Waals surface area contributed by atoms with Crippen molar-refractivity contribution in [2.24, 2.45) is 0 Å². The molecule has 88 valence electrons. The lowest BCUT2D eigenvalue weighted by atomic mass is 10.0. The summed E-state index contributed by atoms with van der Waals surface area (Å²) in [7, 11) is 0. The van der Waals surface area contributed by atoms with Gasteiger partial charge in [-0.2, -0.15) is 13.2 Å². The third kappa shape index (κ3) is 2.29. The molecule has 1 aromatic carbocycles. The molecule has 0 fully saturated rings. The van der Waals surface area contributed by atoms with Crippen molar-refractivity contribution in [3.63, 3.8) is 0 Å². The van der Waals surface area contributed by atoms with Crippen molar-refractivity contribution >= 4 is 0 Å². The maximum absolute atomic E-state index is 12.1. The fourth-order valence-electron chi connectivity index (χ4n) is 1.71. The highest BCUT2D eigenvalue weighted by atomic mass is 19.4. The van der Waals surface area contributed by atoms with Crippen LogP contribution in [-0.4, -0.2) is 24.0 Å². The van der Waals surface area contributed by atoms with E-state index >= 15 is 0 Å². The first-order valence-electron chi connectivity index (χ1n) is 4.96. The normalized spacial score (nSPS) is 16.8. The van der Waals surface area contributed by atoms with E-state index in [1.807, 2.05) is 0 Å². The zero-order valence-corrected chi connectivity index (χ0v) is 8.42. The summed E-state index contributed by atoms with van der Waals surface area (Å²) in [5.41, 5.74) is 1.39. The molecular formula is C11H11F3O2. The zero-order valence-electron chi connectivity index (χ0n) is 8.42.